The molecule has 0 unspecified atom stereocenters. The van der Waals surface area contributed by atoms with Gasteiger partial charge in [-0.3, -0.25) is 0 Å². The summed E-state index contributed by atoms with van der Waals surface area (Å²) in [5.41, 5.74) is 1.09. The molecule has 0 N–H and O–H groups in total. The van der Waals surface area contributed by atoms with Gasteiger partial charge in [0.25, 0.3) is 0 Å². The summed E-state index contributed by atoms with van der Waals surface area (Å²) in [5.74, 6) is 0. The molecule has 0 saturated carbocycles. The van der Waals surface area contributed by atoms with Gasteiger partial charge in [-0.05, 0) is 19.1 Å². The van der Waals surface area contributed by atoms with Crippen LogP contribution in [0.25, 0.3) is 0 Å². The molecule has 0 aliphatic carbocycles. The summed E-state index contributed by atoms with van der Waals surface area (Å²) in [6.45, 7) is 5.97. The number of hydrogen-bond acceptors (Lipinski definition) is 2. The van der Waals surface area contributed by atoms with Gasteiger partial charge in [0.15, 0.2) is 0 Å². The average molecular weight is 250 g/mol. The van der Waals surface area contributed by atoms with E-state index in [1.54, 1.807) is 12.1 Å². The van der Waals surface area contributed by atoms with Gasteiger partial charge in [-0.2, -0.15) is 13.1 Å². The molecular formula is C10H15NaO2SSi. The molecule has 0 saturated heterocycles. The summed E-state index contributed by atoms with van der Waals surface area (Å²) < 4.78 is 23.6. The van der Waals surface area contributed by atoms with Crippen molar-refractivity contribution in [2.24, 2.45) is 0 Å². The van der Waals surface area contributed by atoms with Crippen molar-refractivity contribution in [3.63, 3.8) is 0 Å². The molecule has 1 rings (SSSR count). The smallest absolute Gasteiger partial charge is 0.248 e. The van der Waals surface area contributed by atoms with Crippen LogP contribution in [-0.2, 0) is 9.84 Å². The van der Waals surface area contributed by atoms with Crippen LogP contribution in [0.15, 0.2) is 29.2 Å². The molecule has 2 nitrogen and oxygen atoms in total. The van der Waals surface area contributed by atoms with Gasteiger partial charge in [0.1, 0.15) is 9.84 Å². The van der Waals surface area contributed by atoms with Crippen LogP contribution < -0.4 is 29.6 Å². The Labute approximate surface area is 116 Å². The maximum atomic E-state index is 11.8. The third kappa shape index (κ3) is 4.83. The van der Waals surface area contributed by atoms with E-state index in [4.69, 9.17) is 0 Å². The van der Waals surface area contributed by atoms with Crippen molar-refractivity contribution in [3.8, 4) is 0 Å². The molecule has 0 aliphatic rings. The Morgan fingerprint density at radius 1 is 1.13 bits per heavy atom. The largest absolute Gasteiger partial charge is 1.00 e. The van der Waals surface area contributed by atoms with Crippen LogP contribution in [0.2, 0.25) is 13.1 Å². The second kappa shape index (κ2) is 6.20. The zero-order valence-corrected chi connectivity index (χ0v) is 13.6. The van der Waals surface area contributed by atoms with Crippen LogP contribution in [0.4, 0.5) is 0 Å². The zero-order chi connectivity index (χ0) is 10.8. The van der Waals surface area contributed by atoms with Crippen molar-refractivity contribution in [3.05, 3.63) is 29.8 Å². The van der Waals surface area contributed by atoms with Crippen LogP contribution in [-0.4, -0.2) is 22.6 Å². The Hall–Kier alpha value is 0.387. The Morgan fingerprint density at radius 3 is 2.00 bits per heavy atom. The minimum atomic E-state index is -3.03. The Balaban J connectivity index is 0.00000196. The summed E-state index contributed by atoms with van der Waals surface area (Å²) in [5, 5.41) is 0.320. The van der Waals surface area contributed by atoms with E-state index in [-0.39, 0.29) is 29.6 Å². The Morgan fingerprint density at radius 2 is 1.60 bits per heavy atom. The van der Waals surface area contributed by atoms with E-state index < -0.39 is 18.6 Å². The molecule has 0 radical (unpaired) electrons. The van der Waals surface area contributed by atoms with Gasteiger partial charge in [-0.25, -0.2) is 17.2 Å². The third-order valence-electron chi connectivity index (χ3n) is 1.86. The minimum Gasteiger partial charge on any atom is -0.248 e. The van der Waals surface area contributed by atoms with Gasteiger partial charge in [-0.1, -0.05) is 23.1 Å². The fourth-order valence-electron chi connectivity index (χ4n) is 1.21. The normalized spacial score (nSPS) is 11.2. The van der Waals surface area contributed by atoms with E-state index in [2.05, 4.69) is 0 Å². The molecule has 0 atom stereocenters. The van der Waals surface area contributed by atoms with E-state index in [1.807, 2.05) is 32.2 Å². The summed E-state index contributed by atoms with van der Waals surface area (Å²) in [6, 6.07) is 7.06. The fourth-order valence-corrected chi connectivity index (χ4v) is 5.47. The number of benzene rings is 1. The van der Waals surface area contributed by atoms with Crippen molar-refractivity contribution in [2.75, 3.05) is 5.38 Å². The second-order valence-corrected chi connectivity index (χ2v) is 9.05. The van der Waals surface area contributed by atoms with Crippen LogP contribution in [0.5, 0.6) is 0 Å². The molecule has 0 fully saturated rings. The van der Waals surface area contributed by atoms with Crippen molar-refractivity contribution in [1.29, 1.82) is 0 Å². The van der Waals surface area contributed by atoms with Crippen LogP contribution in [0, 0.1) is 6.92 Å². The zero-order valence-electron chi connectivity index (χ0n) is 9.74. The minimum absolute atomic E-state index is 0. The van der Waals surface area contributed by atoms with E-state index in [1.165, 1.54) is 0 Å². The number of aryl methyl sites for hydroxylation is 1. The van der Waals surface area contributed by atoms with E-state index in [9.17, 15) is 8.42 Å². The molecule has 0 spiro atoms. The standard InChI is InChI=1S/C10H15O2SSi.Na/c1-9-4-6-10(7-5-9)13(11,12)8-14(2)3;/h4-7H,8H2,1-3H3;/q-1;+1. The van der Waals surface area contributed by atoms with Crippen LogP contribution in [0.1, 0.15) is 5.56 Å². The van der Waals surface area contributed by atoms with Gasteiger partial charge in [0, 0.05) is 0 Å². The average Bonchev–Trinajstić information content (AvgIpc) is 2.02. The molecule has 0 aliphatic heterocycles. The third-order valence-corrected chi connectivity index (χ3v) is 6.68. The SMILES string of the molecule is Cc1ccc(S(=O)(=O)C[Si-](C)C)cc1.[Na+]. The maximum Gasteiger partial charge on any atom is 1.00 e. The molecule has 15 heavy (non-hydrogen) atoms. The maximum absolute atomic E-state index is 11.8. The van der Waals surface area contributed by atoms with Crippen molar-refractivity contribution >= 4 is 18.6 Å². The Bertz CT molecular complexity index is 398. The van der Waals surface area contributed by atoms with E-state index >= 15 is 0 Å². The van der Waals surface area contributed by atoms with Crippen molar-refractivity contribution < 1.29 is 38.0 Å². The van der Waals surface area contributed by atoms with E-state index in [0.29, 0.717) is 10.3 Å². The van der Waals surface area contributed by atoms with Gasteiger partial charge >= 0.3 is 29.6 Å². The topological polar surface area (TPSA) is 34.1 Å². The molecule has 0 heterocycles. The number of hydrogen-bond donors (Lipinski definition) is 0. The summed E-state index contributed by atoms with van der Waals surface area (Å²) in [4.78, 5) is 0.453. The summed E-state index contributed by atoms with van der Waals surface area (Å²) >= 11 is 0. The number of sulfone groups is 1. The molecule has 5 heteroatoms. The first-order valence-corrected chi connectivity index (χ1v) is 8.86. The molecule has 0 aromatic heterocycles. The summed E-state index contributed by atoms with van der Waals surface area (Å²) in [7, 11) is -3.77. The fraction of sp³-hybridized carbons (Fsp3) is 0.400. The molecular weight excluding hydrogens is 235 g/mol. The number of rotatable bonds is 3. The van der Waals surface area contributed by atoms with Gasteiger partial charge in [-0.15, -0.1) is 0 Å². The van der Waals surface area contributed by atoms with Gasteiger partial charge in [0.2, 0.25) is 0 Å². The molecule has 1 aromatic rings. The van der Waals surface area contributed by atoms with Gasteiger partial charge < -0.3 is 0 Å². The predicted molar refractivity (Wildman–Crippen MR) is 60.7 cm³/mol. The molecule has 0 amide bonds. The van der Waals surface area contributed by atoms with Crippen molar-refractivity contribution in [2.45, 2.75) is 24.9 Å². The first-order valence-electron chi connectivity index (χ1n) is 4.50. The quantitative estimate of drug-likeness (QED) is 0.649. The predicted octanol–water partition coefficient (Wildman–Crippen LogP) is -0.934. The van der Waals surface area contributed by atoms with Crippen LogP contribution in [0.3, 0.4) is 0 Å². The monoisotopic (exact) mass is 250 g/mol. The van der Waals surface area contributed by atoms with E-state index in [0.717, 1.165) is 5.56 Å². The van der Waals surface area contributed by atoms with Crippen LogP contribution >= 0.6 is 0 Å². The summed E-state index contributed by atoms with van der Waals surface area (Å²) in [6.07, 6.45) is 0. The van der Waals surface area contributed by atoms with Gasteiger partial charge in [0.05, 0.1) is 4.90 Å². The first kappa shape index (κ1) is 15.4. The van der Waals surface area contributed by atoms with Crippen molar-refractivity contribution in [1.82, 2.24) is 0 Å². The second-order valence-electron chi connectivity index (χ2n) is 3.78. The molecule has 1 aromatic carbocycles. The molecule has 78 valence electrons. The Kier molecular flexibility index (Phi) is 6.36. The molecule has 0 bridgehead atoms. The first-order chi connectivity index (χ1) is 6.42.